The number of ether oxygens (including phenoxy) is 1. The average molecular weight is 441 g/mol. The van der Waals surface area contributed by atoms with Gasteiger partial charge in [-0.25, -0.2) is 4.79 Å². The van der Waals surface area contributed by atoms with E-state index in [1.807, 2.05) is 54.3 Å². The number of carbonyl (C=O) groups excluding carboxylic acids is 2. The number of benzene rings is 1. The van der Waals surface area contributed by atoms with E-state index in [2.05, 4.69) is 15.5 Å². The van der Waals surface area contributed by atoms with Crippen LogP contribution < -0.4 is 10.6 Å². The van der Waals surface area contributed by atoms with Crippen LogP contribution in [0.15, 0.2) is 46.9 Å². The third-order valence-electron chi connectivity index (χ3n) is 6.18. The van der Waals surface area contributed by atoms with Gasteiger partial charge >= 0.3 is 6.03 Å². The molecule has 0 spiro atoms. The lowest BCUT2D eigenvalue weighted by Gasteiger charge is -2.35. The van der Waals surface area contributed by atoms with E-state index in [4.69, 9.17) is 9.15 Å². The van der Waals surface area contributed by atoms with E-state index in [-0.39, 0.29) is 24.0 Å². The van der Waals surface area contributed by atoms with Crippen molar-refractivity contribution in [3.8, 4) is 0 Å². The number of furan rings is 1. The van der Waals surface area contributed by atoms with Crippen LogP contribution in [0.25, 0.3) is 0 Å². The quantitative estimate of drug-likeness (QED) is 0.721. The number of piperidine rings is 1. The number of hydrogen-bond acceptors (Lipinski definition) is 5. The molecule has 4 rings (SSSR count). The Morgan fingerprint density at radius 3 is 2.41 bits per heavy atom. The zero-order chi connectivity index (χ0) is 22.3. The molecule has 1 unspecified atom stereocenters. The number of likely N-dealkylation sites (tertiary alicyclic amines) is 1. The predicted octanol–water partition coefficient (Wildman–Crippen LogP) is 2.57. The highest BCUT2D eigenvalue weighted by Gasteiger charge is 2.28. The number of aryl methyl sites for hydroxylation is 1. The molecular formula is C24H32N4O4. The Balaban J connectivity index is 1.27. The van der Waals surface area contributed by atoms with Crippen molar-refractivity contribution >= 4 is 11.9 Å². The third-order valence-corrected chi connectivity index (χ3v) is 6.18. The number of nitrogens with one attached hydrogen (secondary N) is 2. The predicted molar refractivity (Wildman–Crippen MR) is 120 cm³/mol. The van der Waals surface area contributed by atoms with Gasteiger partial charge in [-0.1, -0.05) is 18.2 Å². The van der Waals surface area contributed by atoms with E-state index in [0.29, 0.717) is 38.4 Å². The highest BCUT2D eigenvalue weighted by Crippen LogP contribution is 2.23. The van der Waals surface area contributed by atoms with Gasteiger partial charge in [-0.2, -0.15) is 0 Å². The van der Waals surface area contributed by atoms with Crippen molar-refractivity contribution in [3.63, 3.8) is 0 Å². The Hall–Kier alpha value is -2.84. The molecule has 0 radical (unpaired) electrons. The number of nitrogens with zero attached hydrogens (tertiary/aromatic N) is 2. The molecule has 1 atom stereocenters. The van der Waals surface area contributed by atoms with Crippen LogP contribution in [0.3, 0.4) is 0 Å². The van der Waals surface area contributed by atoms with E-state index in [0.717, 1.165) is 37.5 Å². The standard InChI is InChI=1S/C24H32N4O4/c1-18-7-8-22(32-18)21(27-13-15-31-16-14-27)17-25-24(30)28-11-9-20(10-12-28)26-23(29)19-5-3-2-4-6-19/h2-8,20-21H,9-17H2,1H3,(H,25,30)(H,26,29). The number of morpholine rings is 1. The van der Waals surface area contributed by atoms with E-state index < -0.39 is 0 Å². The minimum Gasteiger partial charge on any atom is -0.465 e. The molecule has 8 heteroatoms. The molecule has 172 valence electrons. The number of rotatable bonds is 6. The molecule has 3 amide bonds. The lowest BCUT2D eigenvalue weighted by Crippen LogP contribution is -2.51. The molecule has 2 saturated heterocycles. The van der Waals surface area contributed by atoms with Gasteiger partial charge < -0.3 is 24.7 Å². The Bertz CT molecular complexity index is 886. The molecule has 3 heterocycles. The van der Waals surface area contributed by atoms with E-state index in [1.165, 1.54) is 0 Å². The summed E-state index contributed by atoms with van der Waals surface area (Å²) in [5, 5.41) is 6.18. The van der Waals surface area contributed by atoms with Crippen molar-refractivity contribution < 1.29 is 18.7 Å². The van der Waals surface area contributed by atoms with Gasteiger partial charge in [0, 0.05) is 44.3 Å². The number of amides is 3. The first-order valence-electron chi connectivity index (χ1n) is 11.4. The lowest BCUT2D eigenvalue weighted by molar-refractivity contribution is 0.0118. The van der Waals surface area contributed by atoms with Gasteiger partial charge in [-0.15, -0.1) is 0 Å². The summed E-state index contributed by atoms with van der Waals surface area (Å²) in [4.78, 5) is 29.3. The molecule has 0 bridgehead atoms. The fourth-order valence-corrected chi connectivity index (χ4v) is 4.31. The maximum atomic E-state index is 12.8. The summed E-state index contributed by atoms with van der Waals surface area (Å²) in [6.07, 6.45) is 1.49. The van der Waals surface area contributed by atoms with Crippen molar-refractivity contribution in [3.05, 3.63) is 59.5 Å². The molecule has 8 nitrogen and oxygen atoms in total. The van der Waals surface area contributed by atoms with Gasteiger partial charge in [0.2, 0.25) is 0 Å². The van der Waals surface area contributed by atoms with Crippen LogP contribution in [-0.4, -0.2) is 73.7 Å². The molecule has 32 heavy (non-hydrogen) atoms. The van der Waals surface area contributed by atoms with Crippen LogP contribution in [0.4, 0.5) is 4.79 Å². The van der Waals surface area contributed by atoms with Crippen LogP contribution in [0.1, 0.15) is 40.8 Å². The third kappa shape index (κ3) is 5.69. The summed E-state index contributed by atoms with van der Waals surface area (Å²) in [7, 11) is 0. The zero-order valence-corrected chi connectivity index (χ0v) is 18.6. The Kier molecular flexibility index (Phi) is 7.44. The first-order chi connectivity index (χ1) is 15.6. The maximum absolute atomic E-state index is 12.8. The van der Waals surface area contributed by atoms with Gasteiger partial charge in [0.25, 0.3) is 5.91 Å². The fraction of sp³-hybridized carbons (Fsp3) is 0.500. The first kappa shape index (κ1) is 22.4. The molecule has 2 N–H and O–H groups in total. The summed E-state index contributed by atoms with van der Waals surface area (Å²) >= 11 is 0. The van der Waals surface area contributed by atoms with Crippen molar-refractivity contribution in [2.24, 2.45) is 0 Å². The summed E-state index contributed by atoms with van der Waals surface area (Å²) in [6.45, 7) is 6.65. The van der Waals surface area contributed by atoms with Crippen LogP contribution in [0, 0.1) is 6.92 Å². The lowest BCUT2D eigenvalue weighted by atomic mass is 10.0. The number of carbonyl (C=O) groups is 2. The number of urea groups is 1. The number of hydrogen-bond donors (Lipinski definition) is 2. The molecule has 1 aromatic carbocycles. The van der Waals surface area contributed by atoms with Crippen LogP contribution >= 0.6 is 0 Å². The van der Waals surface area contributed by atoms with Crippen molar-refractivity contribution in [1.82, 2.24) is 20.4 Å². The Labute approximate surface area is 188 Å². The molecular weight excluding hydrogens is 408 g/mol. The van der Waals surface area contributed by atoms with Crippen molar-refractivity contribution in [1.29, 1.82) is 0 Å². The second-order valence-electron chi connectivity index (χ2n) is 8.40. The van der Waals surface area contributed by atoms with Crippen LogP contribution in [-0.2, 0) is 4.74 Å². The summed E-state index contributed by atoms with van der Waals surface area (Å²) in [6, 6.07) is 13.2. The summed E-state index contributed by atoms with van der Waals surface area (Å²) in [5.41, 5.74) is 0.662. The largest absolute Gasteiger partial charge is 0.465 e. The SMILES string of the molecule is Cc1ccc(C(CNC(=O)N2CCC(NC(=O)c3ccccc3)CC2)N2CCOCC2)o1. The fourth-order valence-electron chi connectivity index (χ4n) is 4.31. The Morgan fingerprint density at radius 2 is 1.75 bits per heavy atom. The summed E-state index contributed by atoms with van der Waals surface area (Å²) < 4.78 is 11.4. The van der Waals surface area contributed by atoms with E-state index >= 15 is 0 Å². The maximum Gasteiger partial charge on any atom is 0.317 e. The van der Waals surface area contributed by atoms with E-state index in [9.17, 15) is 9.59 Å². The average Bonchev–Trinajstić information content (AvgIpc) is 3.26. The molecule has 0 saturated carbocycles. The van der Waals surface area contributed by atoms with Gasteiger partial charge in [-0.05, 0) is 44.0 Å². The molecule has 2 aromatic rings. The molecule has 2 fully saturated rings. The minimum atomic E-state index is -0.0700. The molecule has 2 aliphatic heterocycles. The zero-order valence-electron chi connectivity index (χ0n) is 18.6. The first-order valence-corrected chi connectivity index (χ1v) is 11.4. The van der Waals surface area contributed by atoms with Crippen LogP contribution in [0.5, 0.6) is 0 Å². The van der Waals surface area contributed by atoms with Gasteiger partial charge in [0.1, 0.15) is 11.5 Å². The van der Waals surface area contributed by atoms with Crippen LogP contribution in [0.2, 0.25) is 0 Å². The monoisotopic (exact) mass is 440 g/mol. The second kappa shape index (κ2) is 10.7. The molecule has 2 aliphatic rings. The topological polar surface area (TPSA) is 87.1 Å². The van der Waals surface area contributed by atoms with Crippen molar-refractivity contribution in [2.75, 3.05) is 45.9 Å². The van der Waals surface area contributed by atoms with Gasteiger partial charge in [-0.3, -0.25) is 9.69 Å². The summed E-state index contributed by atoms with van der Waals surface area (Å²) in [5.74, 6) is 1.67. The van der Waals surface area contributed by atoms with Crippen molar-refractivity contribution in [2.45, 2.75) is 31.8 Å². The smallest absolute Gasteiger partial charge is 0.317 e. The van der Waals surface area contributed by atoms with E-state index in [1.54, 1.807) is 0 Å². The van der Waals surface area contributed by atoms with Gasteiger partial charge in [0.15, 0.2) is 0 Å². The highest BCUT2D eigenvalue weighted by atomic mass is 16.5. The normalized spacial score (nSPS) is 18.8. The highest BCUT2D eigenvalue weighted by molar-refractivity contribution is 5.94. The molecule has 0 aliphatic carbocycles. The van der Waals surface area contributed by atoms with Gasteiger partial charge in [0.05, 0.1) is 19.3 Å². The Morgan fingerprint density at radius 1 is 1.03 bits per heavy atom. The molecule has 1 aromatic heterocycles. The second-order valence-corrected chi connectivity index (χ2v) is 8.40. The minimum absolute atomic E-state index is 0.0146.